The van der Waals surface area contributed by atoms with Crippen LogP contribution in [0.15, 0.2) is 4.99 Å². The maximum absolute atomic E-state index is 11.4. The molecule has 1 aliphatic rings. The van der Waals surface area contributed by atoms with E-state index in [2.05, 4.69) is 4.99 Å². The summed E-state index contributed by atoms with van der Waals surface area (Å²) in [5.74, 6) is -1.15. The van der Waals surface area contributed by atoms with Gasteiger partial charge in [0.1, 0.15) is 5.25 Å². The Labute approximate surface area is 79.8 Å². The van der Waals surface area contributed by atoms with Crippen molar-refractivity contribution in [2.24, 2.45) is 4.99 Å². The quantitative estimate of drug-likeness (QED) is 0.685. The van der Waals surface area contributed by atoms with E-state index < -0.39 is 11.2 Å². The number of hydrogen-bond donors (Lipinski definition) is 1. The summed E-state index contributed by atoms with van der Waals surface area (Å²) >= 11 is 1.20. The van der Waals surface area contributed by atoms with Crippen LogP contribution in [0.5, 0.6) is 0 Å². The second-order valence-electron chi connectivity index (χ2n) is 2.61. The summed E-state index contributed by atoms with van der Waals surface area (Å²) < 4.78 is 0. The molecule has 0 aliphatic carbocycles. The first-order chi connectivity index (χ1) is 6.06. The molecule has 0 bridgehead atoms. The van der Waals surface area contributed by atoms with Crippen LogP contribution in [-0.2, 0) is 9.59 Å². The van der Waals surface area contributed by atoms with E-state index in [1.54, 1.807) is 14.1 Å². The Balaban J connectivity index is 2.72. The van der Waals surface area contributed by atoms with Crippen LogP contribution in [-0.4, -0.2) is 46.4 Å². The molecule has 0 aromatic rings. The van der Waals surface area contributed by atoms with Crippen molar-refractivity contribution in [1.82, 2.24) is 4.90 Å². The van der Waals surface area contributed by atoms with Crippen molar-refractivity contribution in [2.45, 2.75) is 11.7 Å². The summed E-state index contributed by atoms with van der Waals surface area (Å²) in [6.07, 6.45) is -0.146. The molecule has 5 nitrogen and oxygen atoms in total. The third-order valence-electron chi connectivity index (χ3n) is 1.69. The summed E-state index contributed by atoms with van der Waals surface area (Å²) in [6.45, 7) is 0. The van der Waals surface area contributed by atoms with Gasteiger partial charge < -0.3 is 5.11 Å². The molecule has 72 valence electrons. The molecule has 1 unspecified atom stereocenters. The molecule has 1 atom stereocenters. The number of rotatable bonds is 2. The minimum Gasteiger partial charge on any atom is -0.481 e. The number of aliphatic imine (C=N–C) groups is 1. The average Bonchev–Trinajstić information content (AvgIpc) is 2.32. The van der Waals surface area contributed by atoms with Gasteiger partial charge in [0.2, 0.25) is 5.91 Å². The van der Waals surface area contributed by atoms with Crippen molar-refractivity contribution >= 4 is 28.8 Å². The van der Waals surface area contributed by atoms with E-state index in [0.717, 1.165) is 0 Å². The lowest BCUT2D eigenvalue weighted by atomic mass is 10.3. The van der Waals surface area contributed by atoms with E-state index in [1.165, 1.54) is 16.7 Å². The van der Waals surface area contributed by atoms with E-state index in [1.807, 2.05) is 0 Å². The standard InChI is InChI=1S/C7H10N2O3S/c1-8-7-9(2)6(12)4(13-7)3-5(10)11/h4H,3H2,1-2H3,(H,10,11). The first-order valence-corrected chi connectivity index (χ1v) is 4.57. The van der Waals surface area contributed by atoms with Crippen molar-refractivity contribution in [3.8, 4) is 0 Å². The molecule has 1 aliphatic heterocycles. The van der Waals surface area contributed by atoms with E-state index in [0.29, 0.717) is 5.17 Å². The van der Waals surface area contributed by atoms with Crippen LogP contribution >= 0.6 is 11.8 Å². The molecule has 1 saturated heterocycles. The minimum atomic E-state index is -0.961. The number of amides is 1. The Morgan fingerprint density at radius 1 is 1.77 bits per heavy atom. The van der Waals surface area contributed by atoms with Gasteiger partial charge in [-0.3, -0.25) is 19.5 Å². The van der Waals surface area contributed by atoms with Gasteiger partial charge in [-0.2, -0.15) is 0 Å². The Hall–Kier alpha value is -1.04. The molecule has 1 amide bonds. The molecule has 0 radical (unpaired) electrons. The normalized spacial score (nSPS) is 25.7. The van der Waals surface area contributed by atoms with Crippen LogP contribution in [0, 0.1) is 0 Å². The molecule has 0 spiro atoms. The number of thioether (sulfide) groups is 1. The topological polar surface area (TPSA) is 70.0 Å². The Morgan fingerprint density at radius 2 is 2.38 bits per heavy atom. The zero-order chi connectivity index (χ0) is 10.0. The largest absolute Gasteiger partial charge is 0.481 e. The highest BCUT2D eigenvalue weighted by atomic mass is 32.2. The lowest BCUT2D eigenvalue weighted by molar-refractivity contribution is -0.139. The molecule has 1 rings (SSSR count). The summed E-state index contributed by atoms with van der Waals surface area (Å²) in [4.78, 5) is 27.0. The molecule has 1 heterocycles. The van der Waals surface area contributed by atoms with Crippen molar-refractivity contribution in [3.63, 3.8) is 0 Å². The zero-order valence-corrected chi connectivity index (χ0v) is 8.17. The van der Waals surface area contributed by atoms with Crippen molar-refractivity contribution in [2.75, 3.05) is 14.1 Å². The van der Waals surface area contributed by atoms with Gasteiger partial charge >= 0.3 is 5.97 Å². The Bertz CT molecular complexity index is 277. The van der Waals surface area contributed by atoms with Crippen molar-refractivity contribution in [1.29, 1.82) is 0 Å². The predicted molar refractivity (Wildman–Crippen MR) is 49.8 cm³/mol. The molecule has 0 aromatic carbocycles. The van der Waals surface area contributed by atoms with E-state index >= 15 is 0 Å². The fraction of sp³-hybridized carbons (Fsp3) is 0.571. The molecule has 0 aromatic heterocycles. The first kappa shape index (κ1) is 10.0. The third kappa shape index (κ3) is 2.00. The third-order valence-corrected chi connectivity index (χ3v) is 3.01. The van der Waals surface area contributed by atoms with Crippen molar-refractivity contribution in [3.05, 3.63) is 0 Å². The van der Waals surface area contributed by atoms with Gasteiger partial charge in [0.05, 0.1) is 6.42 Å². The summed E-state index contributed by atoms with van der Waals surface area (Å²) in [5, 5.41) is 8.58. The highest BCUT2D eigenvalue weighted by Crippen LogP contribution is 2.27. The second-order valence-corrected chi connectivity index (χ2v) is 3.78. The molecular weight excluding hydrogens is 192 g/mol. The van der Waals surface area contributed by atoms with Crippen LogP contribution in [0.1, 0.15) is 6.42 Å². The molecule has 6 heteroatoms. The molecular formula is C7H10N2O3S. The number of carboxylic acids is 1. The summed E-state index contributed by atoms with van der Waals surface area (Å²) in [5.41, 5.74) is 0. The van der Waals surface area contributed by atoms with Crippen LogP contribution in [0.25, 0.3) is 0 Å². The van der Waals surface area contributed by atoms with Crippen LogP contribution in [0.2, 0.25) is 0 Å². The van der Waals surface area contributed by atoms with Gasteiger partial charge in [0.25, 0.3) is 0 Å². The lowest BCUT2D eigenvalue weighted by Crippen LogP contribution is -2.28. The van der Waals surface area contributed by atoms with Crippen LogP contribution in [0.3, 0.4) is 0 Å². The van der Waals surface area contributed by atoms with Gasteiger partial charge in [-0.05, 0) is 0 Å². The maximum atomic E-state index is 11.4. The smallest absolute Gasteiger partial charge is 0.305 e. The Morgan fingerprint density at radius 3 is 2.77 bits per heavy atom. The van der Waals surface area contributed by atoms with Gasteiger partial charge in [-0.1, -0.05) is 11.8 Å². The molecule has 0 saturated carbocycles. The van der Waals surface area contributed by atoms with Gasteiger partial charge in [-0.25, -0.2) is 0 Å². The lowest BCUT2D eigenvalue weighted by Gasteiger charge is -2.06. The fourth-order valence-corrected chi connectivity index (χ4v) is 2.15. The summed E-state index contributed by atoms with van der Waals surface area (Å²) in [6, 6.07) is 0. The number of carboxylic acid groups (broad SMARTS) is 1. The highest BCUT2D eigenvalue weighted by molar-refractivity contribution is 8.15. The number of carbonyl (C=O) groups is 2. The number of aliphatic carboxylic acids is 1. The number of hydrogen-bond acceptors (Lipinski definition) is 4. The monoisotopic (exact) mass is 202 g/mol. The van der Waals surface area contributed by atoms with E-state index in [9.17, 15) is 9.59 Å². The zero-order valence-electron chi connectivity index (χ0n) is 7.35. The second kappa shape index (κ2) is 3.78. The number of nitrogens with zero attached hydrogens (tertiary/aromatic N) is 2. The van der Waals surface area contributed by atoms with E-state index in [-0.39, 0.29) is 12.3 Å². The average molecular weight is 202 g/mol. The predicted octanol–water partition coefficient (Wildman–Crippen LogP) is 0.0207. The molecule has 1 fully saturated rings. The molecule has 13 heavy (non-hydrogen) atoms. The van der Waals surface area contributed by atoms with Crippen molar-refractivity contribution < 1.29 is 14.7 Å². The first-order valence-electron chi connectivity index (χ1n) is 3.69. The van der Waals surface area contributed by atoms with Crippen LogP contribution < -0.4 is 0 Å². The number of amidine groups is 1. The van der Waals surface area contributed by atoms with Gasteiger partial charge in [0.15, 0.2) is 5.17 Å². The van der Waals surface area contributed by atoms with Crippen LogP contribution in [0.4, 0.5) is 0 Å². The molecule has 1 N–H and O–H groups in total. The maximum Gasteiger partial charge on any atom is 0.305 e. The highest BCUT2D eigenvalue weighted by Gasteiger charge is 2.36. The SMILES string of the molecule is CN=C1SC(CC(=O)O)C(=O)N1C. The van der Waals surface area contributed by atoms with Gasteiger partial charge in [-0.15, -0.1) is 0 Å². The van der Waals surface area contributed by atoms with Gasteiger partial charge in [0, 0.05) is 14.1 Å². The van der Waals surface area contributed by atoms with E-state index in [4.69, 9.17) is 5.11 Å². The minimum absolute atomic E-state index is 0.146. The fourth-order valence-electron chi connectivity index (χ4n) is 1.06. The Kier molecular flexibility index (Phi) is 2.92. The summed E-state index contributed by atoms with van der Waals surface area (Å²) in [7, 11) is 3.18. The number of carbonyl (C=O) groups excluding carboxylic acids is 1.